The number of benzene rings is 1. The average molecular weight is 352 g/mol. The van der Waals surface area contributed by atoms with E-state index in [1.165, 1.54) is 11.8 Å². The topological polar surface area (TPSA) is 46.6 Å². The molecule has 0 aromatic heterocycles. The fourth-order valence-electron chi connectivity index (χ4n) is 2.54. The Balaban J connectivity index is 2.52. The van der Waals surface area contributed by atoms with Crippen LogP contribution in [0.15, 0.2) is 12.1 Å². The van der Waals surface area contributed by atoms with Crippen LogP contribution >= 0.6 is 0 Å². The van der Waals surface area contributed by atoms with Gasteiger partial charge in [-0.3, -0.25) is 4.79 Å². The SMILES string of the molecule is Cc1cc(F)c(N2CC(C)OC2C=O)cc1C([S+]=O)C(F)(F)F. The van der Waals surface area contributed by atoms with Crippen LogP contribution in [0.2, 0.25) is 0 Å². The summed E-state index contributed by atoms with van der Waals surface area (Å²) in [5.41, 5.74) is -0.485. The van der Waals surface area contributed by atoms with Crippen LogP contribution in [0, 0.1) is 12.7 Å². The number of rotatable bonds is 4. The van der Waals surface area contributed by atoms with Gasteiger partial charge in [0.05, 0.1) is 11.8 Å². The average Bonchev–Trinajstić information content (AvgIpc) is 2.81. The zero-order valence-electron chi connectivity index (χ0n) is 12.3. The van der Waals surface area contributed by atoms with E-state index in [-0.39, 0.29) is 29.5 Å². The van der Waals surface area contributed by atoms with Gasteiger partial charge in [0.25, 0.3) is 0 Å². The molecule has 0 N–H and O–H groups in total. The van der Waals surface area contributed by atoms with Crippen molar-refractivity contribution in [2.75, 3.05) is 11.4 Å². The Bertz CT molecular complexity index is 623. The fourth-order valence-corrected chi connectivity index (χ4v) is 3.01. The van der Waals surface area contributed by atoms with E-state index in [9.17, 15) is 26.6 Å². The van der Waals surface area contributed by atoms with Crippen molar-refractivity contribution in [3.8, 4) is 0 Å². The number of aryl methyl sites for hydroxylation is 1. The van der Waals surface area contributed by atoms with Gasteiger partial charge < -0.3 is 9.64 Å². The van der Waals surface area contributed by atoms with Crippen molar-refractivity contribution < 1.29 is 31.3 Å². The minimum atomic E-state index is -4.76. The number of aldehydes is 1. The third kappa shape index (κ3) is 3.50. The molecule has 9 heteroatoms. The first-order valence-corrected chi connectivity index (χ1v) is 7.52. The van der Waals surface area contributed by atoms with E-state index in [0.717, 1.165) is 12.1 Å². The molecule has 126 valence electrons. The Hall–Kier alpha value is -1.61. The maximum Gasteiger partial charge on any atom is 0.477 e. The van der Waals surface area contributed by atoms with Crippen molar-refractivity contribution in [1.82, 2.24) is 0 Å². The largest absolute Gasteiger partial charge is 0.477 e. The van der Waals surface area contributed by atoms with Crippen molar-refractivity contribution in [3.05, 3.63) is 29.1 Å². The molecule has 1 aliphatic rings. The smallest absolute Gasteiger partial charge is 0.346 e. The van der Waals surface area contributed by atoms with Gasteiger partial charge >= 0.3 is 23.1 Å². The predicted molar refractivity (Wildman–Crippen MR) is 75.7 cm³/mol. The van der Waals surface area contributed by atoms with Gasteiger partial charge in [-0.25, -0.2) is 4.39 Å². The highest BCUT2D eigenvalue weighted by Crippen LogP contribution is 2.39. The van der Waals surface area contributed by atoms with Crippen LogP contribution in [0.5, 0.6) is 0 Å². The number of hydrogen-bond donors (Lipinski definition) is 0. The van der Waals surface area contributed by atoms with Crippen LogP contribution in [0.25, 0.3) is 0 Å². The normalized spacial score (nSPS) is 23.0. The Labute approximate surface area is 133 Å². The van der Waals surface area contributed by atoms with Crippen LogP contribution in [0.1, 0.15) is 23.3 Å². The second-order valence-electron chi connectivity index (χ2n) is 5.30. The molecule has 1 aromatic rings. The summed E-state index contributed by atoms with van der Waals surface area (Å²) in [4.78, 5) is 12.3. The maximum atomic E-state index is 14.2. The highest BCUT2D eigenvalue weighted by molar-refractivity contribution is 7.66. The van der Waals surface area contributed by atoms with Gasteiger partial charge in [-0.05, 0) is 31.5 Å². The predicted octanol–water partition coefficient (Wildman–Crippen LogP) is 2.92. The van der Waals surface area contributed by atoms with Crippen molar-refractivity contribution in [2.45, 2.75) is 37.6 Å². The molecule has 1 saturated heterocycles. The van der Waals surface area contributed by atoms with Gasteiger partial charge in [-0.1, -0.05) is 0 Å². The second kappa shape index (κ2) is 6.48. The van der Waals surface area contributed by atoms with E-state index >= 15 is 0 Å². The van der Waals surface area contributed by atoms with Gasteiger partial charge in [-0.15, -0.1) is 0 Å². The number of carbonyl (C=O) groups is 1. The third-order valence-electron chi connectivity index (χ3n) is 3.57. The van der Waals surface area contributed by atoms with Gasteiger partial charge in [0.15, 0.2) is 12.5 Å². The van der Waals surface area contributed by atoms with Crippen LogP contribution in [0.4, 0.5) is 23.2 Å². The minimum Gasteiger partial charge on any atom is -0.346 e. The molecule has 3 unspecified atom stereocenters. The number of carbonyl (C=O) groups excluding carboxylic acids is 1. The summed E-state index contributed by atoms with van der Waals surface area (Å²) in [5.74, 6) is -0.771. The molecule has 0 amide bonds. The fraction of sp³-hybridized carbons (Fsp3) is 0.500. The number of nitrogens with zero attached hydrogens (tertiary/aromatic N) is 1. The molecule has 4 nitrogen and oxygen atoms in total. The van der Waals surface area contributed by atoms with Gasteiger partial charge in [0.1, 0.15) is 5.82 Å². The molecule has 0 aliphatic carbocycles. The molecule has 1 aromatic carbocycles. The quantitative estimate of drug-likeness (QED) is 0.475. The molecule has 1 fully saturated rings. The molecular formula is C14H14F4NO3S+. The lowest BCUT2D eigenvalue weighted by molar-refractivity contribution is -0.130. The first kappa shape index (κ1) is 17.7. The summed E-state index contributed by atoms with van der Waals surface area (Å²) in [6, 6.07) is 1.91. The molecular weight excluding hydrogens is 338 g/mol. The highest BCUT2D eigenvalue weighted by Gasteiger charge is 2.53. The van der Waals surface area contributed by atoms with E-state index in [4.69, 9.17) is 4.74 Å². The second-order valence-corrected chi connectivity index (χ2v) is 5.97. The van der Waals surface area contributed by atoms with Crippen LogP contribution in [0.3, 0.4) is 0 Å². The van der Waals surface area contributed by atoms with Crippen LogP contribution in [-0.2, 0) is 25.4 Å². The van der Waals surface area contributed by atoms with E-state index in [0.29, 0.717) is 6.29 Å². The first-order valence-electron chi connectivity index (χ1n) is 6.71. The first-order chi connectivity index (χ1) is 10.7. The van der Waals surface area contributed by atoms with Crippen molar-refractivity contribution in [3.63, 3.8) is 0 Å². The Morgan fingerprint density at radius 3 is 2.61 bits per heavy atom. The summed E-state index contributed by atoms with van der Waals surface area (Å²) in [6.07, 6.45) is -5.75. The molecule has 0 bridgehead atoms. The maximum absolute atomic E-state index is 14.2. The summed E-state index contributed by atoms with van der Waals surface area (Å²) in [5, 5.41) is -2.31. The zero-order chi connectivity index (χ0) is 17.4. The molecule has 1 heterocycles. The van der Waals surface area contributed by atoms with Crippen LogP contribution < -0.4 is 4.90 Å². The van der Waals surface area contributed by atoms with Crippen LogP contribution in [-0.4, -0.2) is 31.3 Å². The van der Waals surface area contributed by atoms with E-state index in [2.05, 4.69) is 0 Å². The molecule has 2 rings (SSSR count). The lowest BCUT2D eigenvalue weighted by atomic mass is 10.0. The van der Waals surface area contributed by atoms with Gasteiger partial charge in [0.2, 0.25) is 0 Å². The number of ether oxygens (including phenoxy) is 1. The Kier molecular flexibility index (Phi) is 5.00. The van der Waals surface area contributed by atoms with Gasteiger partial charge in [0, 0.05) is 16.3 Å². The van der Waals surface area contributed by atoms with Crippen molar-refractivity contribution in [1.29, 1.82) is 0 Å². The minimum absolute atomic E-state index is 0.0211. The standard InChI is InChI=1S/C14H14F4NO3S/c1-7-3-10(15)11(19-5-8(2)22-12(19)6-20)4-9(7)13(23-21)14(16,17)18/h3-4,6,8,12-13H,5H2,1-2H3/q+1. The van der Waals surface area contributed by atoms with E-state index < -0.39 is 35.1 Å². The monoisotopic (exact) mass is 352 g/mol. The molecule has 1 aliphatic heterocycles. The number of alkyl halides is 3. The highest BCUT2D eigenvalue weighted by atomic mass is 32.1. The van der Waals surface area contributed by atoms with Gasteiger partial charge in [-0.2, -0.15) is 13.2 Å². The molecule has 0 radical (unpaired) electrons. The summed E-state index contributed by atoms with van der Waals surface area (Å²) in [6.45, 7) is 3.12. The molecule has 0 spiro atoms. The van der Waals surface area contributed by atoms with E-state index in [1.807, 2.05) is 0 Å². The Morgan fingerprint density at radius 1 is 1.43 bits per heavy atom. The van der Waals surface area contributed by atoms with Crippen molar-refractivity contribution in [2.24, 2.45) is 0 Å². The van der Waals surface area contributed by atoms with E-state index in [1.54, 1.807) is 6.92 Å². The lowest BCUT2D eigenvalue weighted by Crippen LogP contribution is -2.32. The Morgan fingerprint density at radius 2 is 2.09 bits per heavy atom. The lowest BCUT2D eigenvalue weighted by Gasteiger charge is -2.23. The third-order valence-corrected chi connectivity index (χ3v) is 4.28. The summed E-state index contributed by atoms with van der Waals surface area (Å²) < 4.78 is 69.4. The molecule has 3 atom stereocenters. The number of anilines is 1. The number of halogens is 4. The number of hydrogen-bond acceptors (Lipinski definition) is 4. The summed E-state index contributed by atoms with van der Waals surface area (Å²) in [7, 11) is 0. The molecule has 0 saturated carbocycles. The van der Waals surface area contributed by atoms with Crippen molar-refractivity contribution >= 4 is 23.6 Å². The molecule has 23 heavy (non-hydrogen) atoms. The summed E-state index contributed by atoms with van der Waals surface area (Å²) >= 11 is -0.608. The zero-order valence-corrected chi connectivity index (χ0v) is 13.1.